The van der Waals surface area contributed by atoms with Crippen molar-refractivity contribution in [3.63, 3.8) is 0 Å². The fourth-order valence-corrected chi connectivity index (χ4v) is 2.09. The Morgan fingerprint density at radius 2 is 1.75 bits per heavy atom. The van der Waals surface area contributed by atoms with Crippen LogP contribution in [0.5, 0.6) is 0 Å². The predicted octanol–water partition coefficient (Wildman–Crippen LogP) is 3.03. The SMILES string of the molecule is CC(C)COCCCNC(=O)CCCNC(=O)c1ccc(Cl)cc1. The van der Waals surface area contributed by atoms with Gasteiger partial charge >= 0.3 is 0 Å². The molecule has 0 bridgehead atoms. The highest BCUT2D eigenvalue weighted by Gasteiger charge is 2.05. The molecule has 0 saturated carbocycles. The molecule has 0 unspecified atom stereocenters. The molecule has 5 nitrogen and oxygen atoms in total. The van der Waals surface area contributed by atoms with Crippen LogP contribution in [0.3, 0.4) is 0 Å². The molecule has 2 N–H and O–H groups in total. The Labute approximate surface area is 149 Å². The van der Waals surface area contributed by atoms with Gasteiger partial charge in [0.2, 0.25) is 5.91 Å². The maximum Gasteiger partial charge on any atom is 0.251 e. The molecule has 0 aliphatic carbocycles. The van der Waals surface area contributed by atoms with Crippen molar-refractivity contribution < 1.29 is 14.3 Å². The predicted molar refractivity (Wildman–Crippen MR) is 96.3 cm³/mol. The topological polar surface area (TPSA) is 67.4 Å². The van der Waals surface area contributed by atoms with Crippen LogP contribution in [0.15, 0.2) is 24.3 Å². The molecule has 0 atom stereocenters. The summed E-state index contributed by atoms with van der Waals surface area (Å²) in [7, 11) is 0. The second kappa shape index (κ2) is 11.9. The van der Waals surface area contributed by atoms with Crippen LogP contribution in [0, 0.1) is 5.92 Å². The summed E-state index contributed by atoms with van der Waals surface area (Å²) in [6.07, 6.45) is 1.81. The van der Waals surface area contributed by atoms with Crippen molar-refractivity contribution in [2.45, 2.75) is 33.1 Å². The Hall–Kier alpha value is -1.59. The number of rotatable bonds is 11. The molecule has 0 radical (unpaired) electrons. The van der Waals surface area contributed by atoms with Gasteiger partial charge in [-0.3, -0.25) is 9.59 Å². The van der Waals surface area contributed by atoms with Crippen LogP contribution in [0.25, 0.3) is 0 Å². The molecule has 0 spiro atoms. The van der Waals surface area contributed by atoms with Crippen molar-refractivity contribution >= 4 is 23.4 Å². The van der Waals surface area contributed by atoms with Crippen molar-refractivity contribution in [3.8, 4) is 0 Å². The van der Waals surface area contributed by atoms with Crippen LogP contribution in [0.2, 0.25) is 5.02 Å². The molecule has 0 aromatic heterocycles. The van der Waals surface area contributed by atoms with Gasteiger partial charge in [0, 0.05) is 43.3 Å². The van der Waals surface area contributed by atoms with E-state index < -0.39 is 0 Å². The van der Waals surface area contributed by atoms with E-state index in [4.69, 9.17) is 16.3 Å². The van der Waals surface area contributed by atoms with Gasteiger partial charge in [0.25, 0.3) is 5.91 Å². The lowest BCUT2D eigenvalue weighted by Gasteiger charge is -2.08. The molecule has 1 rings (SSSR count). The average Bonchev–Trinajstić information content (AvgIpc) is 2.55. The molecular weight excluding hydrogens is 328 g/mol. The molecule has 1 aromatic carbocycles. The summed E-state index contributed by atoms with van der Waals surface area (Å²) in [4.78, 5) is 23.5. The lowest BCUT2D eigenvalue weighted by Crippen LogP contribution is -2.28. The summed E-state index contributed by atoms with van der Waals surface area (Å²) < 4.78 is 5.44. The molecule has 0 heterocycles. The molecule has 6 heteroatoms. The van der Waals surface area contributed by atoms with Gasteiger partial charge in [0.1, 0.15) is 0 Å². The van der Waals surface area contributed by atoms with Crippen molar-refractivity contribution in [2.75, 3.05) is 26.3 Å². The Morgan fingerprint density at radius 3 is 2.42 bits per heavy atom. The Kier molecular flexibility index (Phi) is 10.1. The quantitative estimate of drug-likeness (QED) is 0.600. The van der Waals surface area contributed by atoms with Crippen molar-refractivity contribution in [2.24, 2.45) is 5.92 Å². The van der Waals surface area contributed by atoms with Crippen LogP contribution in [0.4, 0.5) is 0 Å². The van der Waals surface area contributed by atoms with E-state index in [1.807, 2.05) is 0 Å². The van der Waals surface area contributed by atoms with E-state index in [1.54, 1.807) is 24.3 Å². The first-order valence-electron chi connectivity index (χ1n) is 8.37. The van der Waals surface area contributed by atoms with Crippen molar-refractivity contribution in [1.82, 2.24) is 10.6 Å². The third kappa shape index (κ3) is 9.53. The second-order valence-electron chi connectivity index (χ2n) is 6.04. The summed E-state index contributed by atoms with van der Waals surface area (Å²) in [5.41, 5.74) is 0.560. The molecule has 0 aliphatic rings. The number of halogens is 1. The number of hydrogen-bond acceptors (Lipinski definition) is 3. The van der Waals surface area contributed by atoms with Crippen LogP contribution in [0.1, 0.15) is 43.5 Å². The molecule has 2 amide bonds. The maximum atomic E-state index is 11.9. The largest absolute Gasteiger partial charge is 0.381 e. The van der Waals surface area contributed by atoms with E-state index in [0.717, 1.165) is 13.0 Å². The number of hydrogen-bond donors (Lipinski definition) is 2. The van der Waals surface area contributed by atoms with Crippen LogP contribution in [-0.2, 0) is 9.53 Å². The third-order valence-corrected chi connectivity index (χ3v) is 3.46. The normalized spacial score (nSPS) is 10.7. The molecule has 0 saturated heterocycles. The summed E-state index contributed by atoms with van der Waals surface area (Å²) in [5, 5.41) is 6.23. The molecule has 134 valence electrons. The van der Waals surface area contributed by atoms with Gasteiger partial charge in [-0.2, -0.15) is 0 Å². The second-order valence-corrected chi connectivity index (χ2v) is 6.48. The minimum atomic E-state index is -0.158. The zero-order valence-corrected chi connectivity index (χ0v) is 15.2. The highest BCUT2D eigenvalue weighted by Crippen LogP contribution is 2.09. The first-order valence-corrected chi connectivity index (χ1v) is 8.75. The van der Waals surface area contributed by atoms with Crippen molar-refractivity contribution in [3.05, 3.63) is 34.9 Å². The average molecular weight is 355 g/mol. The molecule has 0 fully saturated rings. The zero-order valence-electron chi connectivity index (χ0n) is 14.4. The molecule has 0 aliphatic heterocycles. The number of amides is 2. The van der Waals surface area contributed by atoms with Gasteiger partial charge in [-0.1, -0.05) is 25.4 Å². The third-order valence-electron chi connectivity index (χ3n) is 3.21. The lowest BCUT2D eigenvalue weighted by molar-refractivity contribution is -0.121. The number of nitrogens with one attached hydrogen (secondary N) is 2. The smallest absolute Gasteiger partial charge is 0.251 e. The summed E-state index contributed by atoms with van der Waals surface area (Å²) in [5.74, 6) is 0.372. The molecule has 1 aromatic rings. The fourth-order valence-electron chi connectivity index (χ4n) is 1.96. The van der Waals surface area contributed by atoms with Crippen LogP contribution in [-0.4, -0.2) is 38.1 Å². The first kappa shape index (κ1) is 20.5. The van der Waals surface area contributed by atoms with Crippen molar-refractivity contribution in [1.29, 1.82) is 0 Å². The monoisotopic (exact) mass is 354 g/mol. The van der Waals surface area contributed by atoms with E-state index in [9.17, 15) is 9.59 Å². The highest BCUT2D eigenvalue weighted by atomic mass is 35.5. The minimum Gasteiger partial charge on any atom is -0.381 e. The maximum absolute atomic E-state index is 11.9. The van der Waals surface area contributed by atoms with Gasteiger partial charge in [0.05, 0.1) is 0 Å². The number of carbonyl (C=O) groups is 2. The summed E-state index contributed by atoms with van der Waals surface area (Å²) in [6.45, 7) is 6.71. The Bertz CT molecular complexity index is 503. The van der Waals surface area contributed by atoms with Gasteiger partial charge in [-0.15, -0.1) is 0 Å². The zero-order chi connectivity index (χ0) is 17.8. The van der Waals surface area contributed by atoms with Gasteiger partial charge in [-0.05, 0) is 43.0 Å². The lowest BCUT2D eigenvalue weighted by atomic mass is 10.2. The standard InChI is InChI=1S/C18H27ClN2O3/c1-14(2)13-24-12-4-11-20-17(22)5-3-10-21-18(23)15-6-8-16(19)9-7-15/h6-9,14H,3-5,10-13H2,1-2H3,(H,20,22)(H,21,23). The number of benzene rings is 1. The van der Waals surface area contributed by atoms with Crippen LogP contribution < -0.4 is 10.6 Å². The van der Waals surface area contributed by atoms with E-state index in [2.05, 4.69) is 24.5 Å². The number of ether oxygens (including phenoxy) is 1. The van der Waals surface area contributed by atoms with Gasteiger partial charge < -0.3 is 15.4 Å². The van der Waals surface area contributed by atoms with Crippen LogP contribution >= 0.6 is 11.6 Å². The molecular formula is C18H27ClN2O3. The highest BCUT2D eigenvalue weighted by molar-refractivity contribution is 6.30. The van der Waals surface area contributed by atoms with E-state index >= 15 is 0 Å². The summed E-state index contributed by atoms with van der Waals surface area (Å²) in [6, 6.07) is 6.70. The number of carbonyl (C=O) groups excluding carboxylic acids is 2. The fraction of sp³-hybridized carbons (Fsp3) is 0.556. The Balaban J connectivity index is 2.03. The summed E-state index contributed by atoms with van der Waals surface area (Å²) >= 11 is 5.78. The minimum absolute atomic E-state index is 0.000369. The first-order chi connectivity index (χ1) is 11.5. The van der Waals surface area contributed by atoms with E-state index in [0.29, 0.717) is 49.0 Å². The van der Waals surface area contributed by atoms with E-state index in [1.165, 1.54) is 0 Å². The molecule has 24 heavy (non-hydrogen) atoms. The van der Waals surface area contributed by atoms with E-state index in [-0.39, 0.29) is 11.8 Å². The van der Waals surface area contributed by atoms with Gasteiger partial charge in [0.15, 0.2) is 0 Å². The van der Waals surface area contributed by atoms with Gasteiger partial charge in [-0.25, -0.2) is 0 Å². The Morgan fingerprint density at radius 1 is 1.08 bits per heavy atom.